The number of allylic oxidation sites excluding steroid dienone is 1. The Kier molecular flexibility index (Phi) is 9.34. The summed E-state index contributed by atoms with van der Waals surface area (Å²) in [6.07, 6.45) is 8.48. The summed E-state index contributed by atoms with van der Waals surface area (Å²) in [5.74, 6) is 0.265. The molecule has 12 heavy (non-hydrogen) atoms. The maximum atomic E-state index is 11.0. The van der Waals surface area contributed by atoms with Crippen LogP contribution in [0.3, 0.4) is 0 Å². The number of unbranched alkanes of at least 4 members (excludes halogenated alkanes) is 4. The SMILES string of the molecule is CCCCCCCC(=O)/C=C/I. The van der Waals surface area contributed by atoms with Crippen molar-refractivity contribution in [1.29, 1.82) is 0 Å². The number of rotatable bonds is 7. The molecule has 0 aromatic carbocycles. The number of hydrogen-bond acceptors (Lipinski definition) is 1. The number of carbonyl (C=O) groups excluding carboxylic acids is 1. The molecule has 0 fully saturated rings. The Labute approximate surface area is 88.8 Å². The summed E-state index contributed by atoms with van der Waals surface area (Å²) in [7, 11) is 0. The molecule has 0 aromatic rings. The zero-order valence-electron chi connectivity index (χ0n) is 7.68. The van der Waals surface area contributed by atoms with E-state index in [-0.39, 0.29) is 5.78 Å². The molecule has 2 heteroatoms. The van der Waals surface area contributed by atoms with Crippen molar-refractivity contribution in [3.05, 3.63) is 10.2 Å². The zero-order chi connectivity index (χ0) is 9.23. The van der Waals surface area contributed by atoms with E-state index in [1.807, 2.05) is 0 Å². The van der Waals surface area contributed by atoms with Gasteiger partial charge in [0.15, 0.2) is 5.78 Å². The van der Waals surface area contributed by atoms with E-state index in [0.717, 1.165) is 12.8 Å². The Morgan fingerprint density at radius 1 is 1.25 bits per heavy atom. The van der Waals surface area contributed by atoms with Gasteiger partial charge in [-0.25, -0.2) is 0 Å². The van der Waals surface area contributed by atoms with Crippen LogP contribution in [0, 0.1) is 0 Å². The lowest BCUT2D eigenvalue weighted by molar-refractivity contribution is -0.114. The van der Waals surface area contributed by atoms with E-state index in [4.69, 9.17) is 0 Å². The molecule has 0 saturated carbocycles. The van der Waals surface area contributed by atoms with Crippen molar-refractivity contribution < 1.29 is 4.79 Å². The first kappa shape index (κ1) is 12.1. The highest BCUT2D eigenvalue weighted by Crippen LogP contribution is 2.05. The van der Waals surface area contributed by atoms with Crippen LogP contribution in [0.2, 0.25) is 0 Å². The van der Waals surface area contributed by atoms with Gasteiger partial charge in [-0.3, -0.25) is 4.79 Å². The number of ketones is 1. The Morgan fingerprint density at radius 3 is 2.50 bits per heavy atom. The van der Waals surface area contributed by atoms with Gasteiger partial charge in [0.05, 0.1) is 0 Å². The predicted molar refractivity (Wildman–Crippen MR) is 61.5 cm³/mol. The van der Waals surface area contributed by atoms with Crippen LogP contribution >= 0.6 is 22.6 Å². The van der Waals surface area contributed by atoms with E-state index in [2.05, 4.69) is 29.5 Å². The number of halogens is 1. The smallest absolute Gasteiger partial charge is 0.156 e. The van der Waals surface area contributed by atoms with Gasteiger partial charge in [0.1, 0.15) is 0 Å². The Balaban J connectivity index is 3.14. The van der Waals surface area contributed by atoms with E-state index >= 15 is 0 Å². The van der Waals surface area contributed by atoms with Crippen LogP contribution in [0.1, 0.15) is 45.4 Å². The van der Waals surface area contributed by atoms with Crippen LogP contribution in [0.4, 0.5) is 0 Å². The molecule has 0 saturated heterocycles. The molecule has 70 valence electrons. The summed E-state index contributed by atoms with van der Waals surface area (Å²) in [4.78, 5) is 11.0. The standard InChI is InChI=1S/C10H17IO/c1-2-3-4-5-6-7-10(12)8-9-11/h8-9H,2-7H2,1H3/b9-8+. The molecule has 0 aliphatic carbocycles. The molecule has 0 spiro atoms. The van der Waals surface area contributed by atoms with Gasteiger partial charge < -0.3 is 0 Å². The summed E-state index contributed by atoms with van der Waals surface area (Å²) < 4.78 is 1.78. The molecule has 0 aliphatic heterocycles. The van der Waals surface area contributed by atoms with Crippen molar-refractivity contribution in [2.45, 2.75) is 45.4 Å². The average molecular weight is 280 g/mol. The Hall–Kier alpha value is 0.140. The minimum Gasteiger partial charge on any atom is -0.295 e. The topological polar surface area (TPSA) is 17.1 Å². The van der Waals surface area contributed by atoms with Crippen LogP contribution in [0.5, 0.6) is 0 Å². The summed E-state index contributed by atoms with van der Waals surface area (Å²) >= 11 is 2.08. The molecule has 0 bridgehead atoms. The van der Waals surface area contributed by atoms with E-state index in [0.29, 0.717) is 0 Å². The lowest BCUT2D eigenvalue weighted by atomic mass is 10.1. The average Bonchev–Trinajstić information content (AvgIpc) is 2.05. The maximum absolute atomic E-state index is 11.0. The fraction of sp³-hybridized carbons (Fsp3) is 0.700. The van der Waals surface area contributed by atoms with Crippen molar-refractivity contribution in [2.75, 3.05) is 0 Å². The van der Waals surface area contributed by atoms with Crippen LogP contribution in [0.25, 0.3) is 0 Å². The predicted octanol–water partition coefficient (Wildman–Crippen LogP) is 3.86. The van der Waals surface area contributed by atoms with Crippen LogP contribution in [-0.2, 0) is 4.79 Å². The van der Waals surface area contributed by atoms with Crippen molar-refractivity contribution in [2.24, 2.45) is 0 Å². The van der Waals surface area contributed by atoms with Crippen LogP contribution < -0.4 is 0 Å². The molecular weight excluding hydrogens is 263 g/mol. The third-order valence-corrected chi connectivity index (χ3v) is 2.14. The van der Waals surface area contributed by atoms with Crippen LogP contribution in [-0.4, -0.2) is 5.78 Å². The van der Waals surface area contributed by atoms with Crippen molar-refractivity contribution in [3.8, 4) is 0 Å². The molecule has 0 unspecified atom stereocenters. The van der Waals surface area contributed by atoms with E-state index in [1.165, 1.54) is 25.7 Å². The largest absolute Gasteiger partial charge is 0.295 e. The molecule has 0 aromatic heterocycles. The van der Waals surface area contributed by atoms with Gasteiger partial charge in [-0.2, -0.15) is 0 Å². The molecule has 0 rings (SSSR count). The quantitative estimate of drug-likeness (QED) is 0.393. The maximum Gasteiger partial charge on any atom is 0.156 e. The molecule has 0 radical (unpaired) electrons. The molecule has 0 heterocycles. The van der Waals surface area contributed by atoms with Crippen LogP contribution in [0.15, 0.2) is 10.2 Å². The first-order valence-electron chi connectivity index (χ1n) is 4.61. The van der Waals surface area contributed by atoms with Crippen molar-refractivity contribution >= 4 is 28.4 Å². The van der Waals surface area contributed by atoms with Gasteiger partial charge in [0.25, 0.3) is 0 Å². The highest BCUT2D eigenvalue weighted by Gasteiger charge is 1.95. The normalized spacial score (nSPS) is 10.8. The number of hydrogen-bond donors (Lipinski definition) is 0. The first-order chi connectivity index (χ1) is 5.81. The molecule has 0 N–H and O–H groups in total. The Bertz CT molecular complexity index is 141. The van der Waals surface area contributed by atoms with Gasteiger partial charge in [0.2, 0.25) is 0 Å². The fourth-order valence-electron chi connectivity index (χ4n) is 1.06. The fourth-order valence-corrected chi connectivity index (χ4v) is 1.46. The summed E-state index contributed by atoms with van der Waals surface area (Å²) in [5, 5.41) is 0. The second kappa shape index (κ2) is 9.23. The highest BCUT2D eigenvalue weighted by atomic mass is 127. The summed E-state index contributed by atoms with van der Waals surface area (Å²) in [5.41, 5.74) is 0. The molecule has 0 atom stereocenters. The van der Waals surface area contributed by atoms with Crippen molar-refractivity contribution in [1.82, 2.24) is 0 Å². The van der Waals surface area contributed by atoms with Gasteiger partial charge in [-0.1, -0.05) is 55.2 Å². The summed E-state index contributed by atoms with van der Waals surface area (Å²) in [6, 6.07) is 0. The van der Waals surface area contributed by atoms with Gasteiger partial charge in [-0.05, 0) is 16.6 Å². The lowest BCUT2D eigenvalue weighted by Crippen LogP contribution is -1.91. The minimum absolute atomic E-state index is 0.265. The zero-order valence-corrected chi connectivity index (χ0v) is 9.84. The lowest BCUT2D eigenvalue weighted by Gasteiger charge is -1.96. The highest BCUT2D eigenvalue weighted by molar-refractivity contribution is 14.1. The van der Waals surface area contributed by atoms with Crippen molar-refractivity contribution in [3.63, 3.8) is 0 Å². The van der Waals surface area contributed by atoms with E-state index in [1.54, 1.807) is 10.2 Å². The second-order valence-electron chi connectivity index (χ2n) is 2.92. The van der Waals surface area contributed by atoms with Gasteiger partial charge >= 0.3 is 0 Å². The molecular formula is C10H17IO. The molecule has 1 nitrogen and oxygen atoms in total. The van der Waals surface area contributed by atoms with E-state index < -0.39 is 0 Å². The van der Waals surface area contributed by atoms with Gasteiger partial charge in [-0.15, -0.1) is 0 Å². The third-order valence-electron chi connectivity index (χ3n) is 1.78. The molecule has 0 aliphatic rings. The van der Waals surface area contributed by atoms with Gasteiger partial charge in [0, 0.05) is 6.42 Å². The number of carbonyl (C=O) groups is 1. The van der Waals surface area contributed by atoms with E-state index in [9.17, 15) is 4.79 Å². The first-order valence-corrected chi connectivity index (χ1v) is 5.85. The minimum atomic E-state index is 0.265. The third kappa shape index (κ3) is 8.24. The Morgan fingerprint density at radius 2 is 1.92 bits per heavy atom. The monoisotopic (exact) mass is 280 g/mol. The molecule has 0 amide bonds. The summed E-state index contributed by atoms with van der Waals surface area (Å²) in [6.45, 7) is 2.20. The second-order valence-corrected chi connectivity index (χ2v) is 3.64.